The van der Waals surface area contributed by atoms with Crippen LogP contribution in [0.25, 0.3) is 0 Å². The van der Waals surface area contributed by atoms with Gasteiger partial charge in [0.1, 0.15) is 12.6 Å². The first kappa shape index (κ1) is 13.7. The van der Waals surface area contributed by atoms with Crippen LogP contribution in [0.4, 0.5) is 5.69 Å². The van der Waals surface area contributed by atoms with Gasteiger partial charge in [-0.1, -0.05) is 48.5 Å². The Kier molecular flexibility index (Phi) is 4.20. The van der Waals surface area contributed by atoms with Crippen LogP contribution in [0.5, 0.6) is 0 Å². The van der Waals surface area contributed by atoms with Crippen molar-refractivity contribution in [2.24, 2.45) is 0 Å². The van der Waals surface area contributed by atoms with E-state index < -0.39 is 0 Å². The highest BCUT2D eigenvalue weighted by Gasteiger charge is 2.26. The Morgan fingerprint density at radius 1 is 1.00 bits per heavy atom. The van der Waals surface area contributed by atoms with Crippen molar-refractivity contribution < 1.29 is 9.53 Å². The summed E-state index contributed by atoms with van der Waals surface area (Å²) in [6.07, 6.45) is 1.76. The van der Waals surface area contributed by atoms with Crippen molar-refractivity contribution in [3.05, 3.63) is 66.2 Å². The number of carbonyl (C=O) groups excluding carboxylic acids is 1. The molecule has 1 fully saturated rings. The fourth-order valence-corrected chi connectivity index (χ4v) is 2.68. The van der Waals surface area contributed by atoms with Crippen molar-refractivity contribution in [1.29, 1.82) is 0 Å². The van der Waals surface area contributed by atoms with Crippen LogP contribution in [0.15, 0.2) is 60.7 Å². The molecule has 0 saturated carbocycles. The van der Waals surface area contributed by atoms with E-state index in [4.69, 9.17) is 4.74 Å². The highest BCUT2D eigenvalue weighted by atomic mass is 16.5. The van der Waals surface area contributed by atoms with Gasteiger partial charge in [-0.3, -0.25) is 4.79 Å². The van der Waals surface area contributed by atoms with E-state index in [9.17, 15) is 4.79 Å². The van der Waals surface area contributed by atoms with Gasteiger partial charge in [-0.15, -0.1) is 0 Å². The number of para-hydroxylation sites is 1. The van der Waals surface area contributed by atoms with Gasteiger partial charge in [-0.25, -0.2) is 0 Å². The summed E-state index contributed by atoms with van der Waals surface area (Å²) in [6, 6.07) is 20.4. The maximum Gasteiger partial charge on any atom is 0.325 e. The summed E-state index contributed by atoms with van der Waals surface area (Å²) in [5.41, 5.74) is 2.37. The predicted octanol–water partition coefficient (Wildman–Crippen LogP) is 3.05. The van der Waals surface area contributed by atoms with Crippen LogP contribution in [0.2, 0.25) is 0 Å². The van der Waals surface area contributed by atoms with Gasteiger partial charge in [0.05, 0.1) is 6.54 Å². The highest BCUT2D eigenvalue weighted by Crippen LogP contribution is 2.20. The quantitative estimate of drug-likeness (QED) is 0.807. The number of anilines is 1. The lowest BCUT2D eigenvalue weighted by molar-refractivity contribution is -0.150. The van der Waals surface area contributed by atoms with Crippen molar-refractivity contribution in [3.63, 3.8) is 0 Å². The van der Waals surface area contributed by atoms with Crippen LogP contribution in [0, 0.1) is 0 Å². The highest BCUT2D eigenvalue weighted by molar-refractivity contribution is 5.77. The lowest BCUT2D eigenvalue weighted by atomic mass is 10.1. The van der Waals surface area contributed by atoms with E-state index >= 15 is 0 Å². The SMILES string of the molecule is O=C1CN(c2ccccc2)CC(CCc2ccccc2)O1. The van der Waals surface area contributed by atoms with Crippen LogP contribution in [-0.2, 0) is 16.0 Å². The number of ether oxygens (including phenoxy) is 1. The molecule has 1 atom stereocenters. The first-order valence-corrected chi connectivity index (χ1v) is 7.34. The zero-order valence-electron chi connectivity index (χ0n) is 11.9. The summed E-state index contributed by atoms with van der Waals surface area (Å²) in [5, 5.41) is 0. The Morgan fingerprint density at radius 2 is 1.67 bits per heavy atom. The number of morpholine rings is 1. The molecule has 0 N–H and O–H groups in total. The zero-order valence-corrected chi connectivity index (χ0v) is 11.9. The zero-order chi connectivity index (χ0) is 14.5. The van der Waals surface area contributed by atoms with E-state index in [1.54, 1.807) is 0 Å². The normalized spacial score (nSPS) is 18.4. The first-order valence-electron chi connectivity index (χ1n) is 7.34. The number of hydrogen-bond acceptors (Lipinski definition) is 3. The Hall–Kier alpha value is -2.29. The Bertz CT molecular complexity index is 583. The lowest BCUT2D eigenvalue weighted by Gasteiger charge is -2.33. The first-order chi connectivity index (χ1) is 10.3. The summed E-state index contributed by atoms with van der Waals surface area (Å²) >= 11 is 0. The fraction of sp³-hybridized carbons (Fsp3) is 0.278. The lowest BCUT2D eigenvalue weighted by Crippen LogP contribution is -2.45. The number of rotatable bonds is 4. The molecule has 1 aliphatic heterocycles. The molecule has 3 heteroatoms. The molecule has 3 nitrogen and oxygen atoms in total. The summed E-state index contributed by atoms with van der Waals surface area (Å²) in [5.74, 6) is -0.136. The van der Waals surface area contributed by atoms with Crippen molar-refractivity contribution in [3.8, 4) is 0 Å². The molecular weight excluding hydrogens is 262 g/mol. The third-order valence-corrected chi connectivity index (χ3v) is 3.76. The molecule has 0 spiro atoms. The van der Waals surface area contributed by atoms with E-state index in [-0.39, 0.29) is 12.1 Å². The second-order valence-electron chi connectivity index (χ2n) is 5.35. The van der Waals surface area contributed by atoms with Gasteiger partial charge in [0.2, 0.25) is 0 Å². The molecular formula is C18H19NO2. The Morgan fingerprint density at radius 3 is 2.38 bits per heavy atom. The third-order valence-electron chi connectivity index (χ3n) is 3.76. The maximum absolute atomic E-state index is 11.8. The Labute approximate surface area is 125 Å². The summed E-state index contributed by atoms with van der Waals surface area (Å²) in [6.45, 7) is 1.11. The molecule has 0 amide bonds. The van der Waals surface area contributed by atoms with E-state index in [2.05, 4.69) is 17.0 Å². The smallest absolute Gasteiger partial charge is 0.325 e. The topological polar surface area (TPSA) is 29.5 Å². The minimum Gasteiger partial charge on any atom is -0.459 e. The van der Waals surface area contributed by atoms with Gasteiger partial charge in [0, 0.05) is 5.69 Å². The van der Waals surface area contributed by atoms with Crippen LogP contribution in [0.3, 0.4) is 0 Å². The van der Waals surface area contributed by atoms with Crippen LogP contribution >= 0.6 is 0 Å². The molecule has 21 heavy (non-hydrogen) atoms. The standard InChI is InChI=1S/C18H19NO2/c20-18-14-19(16-9-5-2-6-10-16)13-17(21-18)12-11-15-7-3-1-4-8-15/h1-10,17H,11-14H2. The number of nitrogens with zero attached hydrogens (tertiary/aromatic N) is 1. The third kappa shape index (κ3) is 3.63. The van der Waals surface area contributed by atoms with Crippen LogP contribution in [0.1, 0.15) is 12.0 Å². The van der Waals surface area contributed by atoms with Gasteiger partial charge in [-0.05, 0) is 30.5 Å². The monoisotopic (exact) mass is 281 g/mol. The molecule has 1 aliphatic rings. The van der Waals surface area contributed by atoms with Gasteiger partial charge in [0.15, 0.2) is 0 Å². The van der Waals surface area contributed by atoms with E-state index in [1.807, 2.05) is 48.5 Å². The van der Waals surface area contributed by atoms with E-state index in [0.717, 1.165) is 25.1 Å². The van der Waals surface area contributed by atoms with Crippen molar-refractivity contribution in [2.75, 3.05) is 18.0 Å². The molecule has 0 radical (unpaired) electrons. The Balaban J connectivity index is 1.62. The molecule has 0 aromatic heterocycles. The molecule has 1 saturated heterocycles. The van der Waals surface area contributed by atoms with Gasteiger partial charge in [-0.2, -0.15) is 0 Å². The second kappa shape index (κ2) is 6.44. The molecule has 2 aromatic rings. The molecule has 0 bridgehead atoms. The van der Waals surface area contributed by atoms with Crippen molar-refractivity contribution >= 4 is 11.7 Å². The molecule has 3 rings (SSSR count). The average Bonchev–Trinajstić information content (AvgIpc) is 2.54. The number of carbonyl (C=O) groups is 1. The van der Waals surface area contributed by atoms with E-state index in [1.165, 1.54) is 5.56 Å². The molecule has 2 aromatic carbocycles. The molecule has 1 unspecified atom stereocenters. The molecule has 0 aliphatic carbocycles. The summed E-state index contributed by atoms with van der Waals surface area (Å²) < 4.78 is 5.48. The number of cyclic esters (lactones) is 1. The second-order valence-corrected chi connectivity index (χ2v) is 5.35. The summed E-state index contributed by atoms with van der Waals surface area (Å²) in [7, 11) is 0. The predicted molar refractivity (Wildman–Crippen MR) is 83.3 cm³/mol. The van der Waals surface area contributed by atoms with Crippen molar-refractivity contribution in [2.45, 2.75) is 18.9 Å². The largest absolute Gasteiger partial charge is 0.459 e. The number of aryl methyl sites for hydroxylation is 1. The van der Waals surface area contributed by atoms with Gasteiger partial charge < -0.3 is 9.64 Å². The number of hydrogen-bond donors (Lipinski definition) is 0. The average molecular weight is 281 g/mol. The van der Waals surface area contributed by atoms with Gasteiger partial charge in [0.25, 0.3) is 0 Å². The summed E-state index contributed by atoms with van der Waals surface area (Å²) in [4.78, 5) is 13.9. The van der Waals surface area contributed by atoms with Crippen molar-refractivity contribution in [1.82, 2.24) is 0 Å². The minimum absolute atomic E-state index is 0.0355. The molecule has 1 heterocycles. The van der Waals surface area contributed by atoms with Crippen LogP contribution < -0.4 is 4.90 Å². The van der Waals surface area contributed by atoms with Gasteiger partial charge >= 0.3 is 5.97 Å². The maximum atomic E-state index is 11.8. The molecule has 108 valence electrons. The van der Waals surface area contributed by atoms with Crippen LogP contribution in [-0.4, -0.2) is 25.2 Å². The fourth-order valence-electron chi connectivity index (χ4n) is 2.68. The number of esters is 1. The number of benzene rings is 2. The minimum atomic E-state index is -0.136. The van der Waals surface area contributed by atoms with E-state index in [0.29, 0.717) is 6.54 Å².